The Morgan fingerprint density at radius 3 is 2.77 bits per heavy atom. The average molecular weight is 412 g/mol. The number of piperidine rings is 1. The fraction of sp³-hybridized carbons (Fsp3) is 0.455. The van der Waals surface area contributed by atoms with E-state index in [9.17, 15) is 14.0 Å². The maximum absolute atomic E-state index is 13.3. The van der Waals surface area contributed by atoms with Crippen LogP contribution in [0.5, 0.6) is 0 Å². The highest BCUT2D eigenvalue weighted by molar-refractivity contribution is 5.92. The fourth-order valence-electron chi connectivity index (χ4n) is 4.27. The Kier molecular flexibility index (Phi) is 5.40. The molecule has 1 aliphatic heterocycles. The lowest BCUT2D eigenvalue weighted by molar-refractivity contribution is -0.133. The summed E-state index contributed by atoms with van der Waals surface area (Å²) in [6.45, 7) is 3.45. The molecule has 1 atom stereocenters. The van der Waals surface area contributed by atoms with Gasteiger partial charge in [0.1, 0.15) is 17.2 Å². The number of hydrogen-bond donors (Lipinski definition) is 0. The van der Waals surface area contributed by atoms with Crippen LogP contribution in [0.1, 0.15) is 36.2 Å². The van der Waals surface area contributed by atoms with Crippen LogP contribution in [0.15, 0.2) is 35.0 Å². The minimum atomic E-state index is -0.325. The standard InChI is InChI=1S/C22H25FN4O3/c1-15-19(25-30-24-15)14-26(2)21(29)18-13-22(18)8-10-27(11-9-22)20(28)7-6-16-4-3-5-17(23)12-16/h3-7,12,18H,8-11,13-14H2,1-2H3/b7-6+. The van der Waals surface area contributed by atoms with Gasteiger partial charge in [-0.2, -0.15) is 0 Å². The summed E-state index contributed by atoms with van der Waals surface area (Å²) in [6.07, 6.45) is 5.63. The van der Waals surface area contributed by atoms with Crippen molar-refractivity contribution in [1.29, 1.82) is 0 Å². The van der Waals surface area contributed by atoms with E-state index < -0.39 is 0 Å². The molecular formula is C22H25FN4O3. The zero-order valence-corrected chi connectivity index (χ0v) is 17.2. The molecule has 2 aromatic rings. The molecule has 2 aliphatic rings. The van der Waals surface area contributed by atoms with Gasteiger partial charge in [0.2, 0.25) is 11.8 Å². The van der Waals surface area contributed by atoms with Crippen LogP contribution in [0.2, 0.25) is 0 Å². The van der Waals surface area contributed by atoms with Gasteiger partial charge in [0.25, 0.3) is 0 Å². The van der Waals surface area contributed by atoms with Gasteiger partial charge in [0.15, 0.2) is 0 Å². The topological polar surface area (TPSA) is 79.5 Å². The first-order chi connectivity index (χ1) is 14.4. The van der Waals surface area contributed by atoms with Crippen molar-refractivity contribution in [2.75, 3.05) is 20.1 Å². The zero-order chi connectivity index (χ0) is 21.3. The van der Waals surface area contributed by atoms with E-state index in [-0.39, 0.29) is 29.0 Å². The molecule has 1 spiro atoms. The van der Waals surface area contributed by atoms with Crippen molar-refractivity contribution in [3.05, 3.63) is 53.1 Å². The van der Waals surface area contributed by atoms with Crippen molar-refractivity contribution < 1.29 is 18.6 Å². The number of rotatable bonds is 5. The van der Waals surface area contributed by atoms with Crippen LogP contribution in [-0.2, 0) is 16.1 Å². The Labute approximate surface area is 174 Å². The van der Waals surface area contributed by atoms with Crippen LogP contribution in [0.4, 0.5) is 4.39 Å². The molecule has 1 saturated heterocycles. The highest BCUT2D eigenvalue weighted by Crippen LogP contribution is 2.60. The van der Waals surface area contributed by atoms with Gasteiger partial charge in [-0.3, -0.25) is 9.59 Å². The summed E-state index contributed by atoms with van der Waals surface area (Å²) in [7, 11) is 1.78. The van der Waals surface area contributed by atoms with E-state index in [1.54, 1.807) is 42.0 Å². The molecule has 1 aromatic carbocycles. The molecule has 158 valence electrons. The number of likely N-dealkylation sites (tertiary alicyclic amines) is 1. The summed E-state index contributed by atoms with van der Waals surface area (Å²) in [4.78, 5) is 28.8. The lowest BCUT2D eigenvalue weighted by Gasteiger charge is -2.32. The molecular weight excluding hydrogens is 387 g/mol. The largest absolute Gasteiger partial charge is 0.339 e. The molecule has 1 saturated carbocycles. The quantitative estimate of drug-likeness (QED) is 0.706. The number of aryl methyl sites for hydroxylation is 1. The Morgan fingerprint density at radius 1 is 1.33 bits per heavy atom. The maximum atomic E-state index is 13.3. The van der Waals surface area contributed by atoms with Crippen LogP contribution >= 0.6 is 0 Å². The summed E-state index contributed by atoms with van der Waals surface area (Å²) in [5, 5.41) is 7.59. The Balaban J connectivity index is 1.29. The van der Waals surface area contributed by atoms with Crippen molar-refractivity contribution in [3.63, 3.8) is 0 Å². The molecule has 0 N–H and O–H groups in total. The third kappa shape index (κ3) is 4.13. The summed E-state index contributed by atoms with van der Waals surface area (Å²) < 4.78 is 18.0. The summed E-state index contributed by atoms with van der Waals surface area (Å²) in [6, 6.07) is 6.14. The SMILES string of the molecule is Cc1nonc1CN(C)C(=O)C1CC12CCN(C(=O)/C=C/c1cccc(F)c1)CC2. The van der Waals surface area contributed by atoms with E-state index in [0.29, 0.717) is 36.6 Å². The third-order valence-corrected chi connectivity index (χ3v) is 6.34. The molecule has 0 radical (unpaired) electrons. The summed E-state index contributed by atoms with van der Waals surface area (Å²) >= 11 is 0. The highest BCUT2D eigenvalue weighted by atomic mass is 19.1. The first-order valence-corrected chi connectivity index (χ1v) is 10.1. The van der Waals surface area contributed by atoms with Gasteiger partial charge in [-0.1, -0.05) is 22.4 Å². The Morgan fingerprint density at radius 2 is 2.10 bits per heavy atom. The number of carbonyl (C=O) groups is 2. The zero-order valence-electron chi connectivity index (χ0n) is 17.2. The molecule has 2 heterocycles. The van der Waals surface area contributed by atoms with Gasteiger partial charge < -0.3 is 9.80 Å². The Bertz CT molecular complexity index is 978. The molecule has 2 amide bonds. The van der Waals surface area contributed by atoms with Crippen LogP contribution in [0.25, 0.3) is 6.08 Å². The van der Waals surface area contributed by atoms with Crippen molar-refractivity contribution in [2.24, 2.45) is 11.3 Å². The summed E-state index contributed by atoms with van der Waals surface area (Å²) in [5.74, 6) is -0.288. The first kappa shape index (κ1) is 20.3. The molecule has 8 heteroatoms. The van der Waals surface area contributed by atoms with E-state index in [1.165, 1.54) is 18.2 Å². The van der Waals surface area contributed by atoms with Crippen molar-refractivity contribution >= 4 is 17.9 Å². The van der Waals surface area contributed by atoms with E-state index in [4.69, 9.17) is 4.63 Å². The van der Waals surface area contributed by atoms with Gasteiger partial charge in [-0.05, 0) is 55.4 Å². The second-order valence-corrected chi connectivity index (χ2v) is 8.32. The molecule has 1 aromatic heterocycles. The van der Waals surface area contributed by atoms with Gasteiger partial charge in [-0.15, -0.1) is 0 Å². The lowest BCUT2D eigenvalue weighted by atomic mass is 9.90. The molecule has 7 nitrogen and oxygen atoms in total. The number of amides is 2. The Hall–Kier alpha value is -3.03. The predicted octanol–water partition coefficient (Wildman–Crippen LogP) is 2.82. The molecule has 1 aliphatic carbocycles. The molecule has 2 fully saturated rings. The van der Waals surface area contributed by atoms with Gasteiger partial charge in [-0.25, -0.2) is 9.02 Å². The molecule has 30 heavy (non-hydrogen) atoms. The lowest BCUT2D eigenvalue weighted by Crippen LogP contribution is -2.40. The second kappa shape index (κ2) is 8.01. The number of carbonyl (C=O) groups excluding carboxylic acids is 2. The van der Waals surface area contributed by atoms with E-state index >= 15 is 0 Å². The van der Waals surface area contributed by atoms with Crippen LogP contribution in [0.3, 0.4) is 0 Å². The number of benzene rings is 1. The molecule has 1 unspecified atom stereocenters. The normalized spacial score (nSPS) is 20.0. The maximum Gasteiger partial charge on any atom is 0.246 e. The molecule has 4 rings (SSSR count). The minimum Gasteiger partial charge on any atom is -0.339 e. The number of halogens is 1. The second-order valence-electron chi connectivity index (χ2n) is 8.32. The van der Waals surface area contributed by atoms with E-state index in [0.717, 1.165) is 19.3 Å². The summed E-state index contributed by atoms with van der Waals surface area (Å²) in [5.41, 5.74) is 2.03. The van der Waals surface area contributed by atoms with Crippen molar-refractivity contribution in [3.8, 4) is 0 Å². The van der Waals surface area contributed by atoms with Crippen LogP contribution in [-0.4, -0.2) is 52.1 Å². The highest BCUT2D eigenvalue weighted by Gasteiger charge is 2.59. The van der Waals surface area contributed by atoms with Crippen LogP contribution in [0, 0.1) is 24.1 Å². The third-order valence-electron chi connectivity index (χ3n) is 6.34. The number of nitrogens with zero attached hydrogens (tertiary/aromatic N) is 4. The fourth-order valence-corrected chi connectivity index (χ4v) is 4.27. The first-order valence-electron chi connectivity index (χ1n) is 10.1. The van der Waals surface area contributed by atoms with Gasteiger partial charge >= 0.3 is 0 Å². The average Bonchev–Trinajstić information content (AvgIpc) is 3.28. The van der Waals surface area contributed by atoms with E-state index in [1.807, 2.05) is 0 Å². The van der Waals surface area contributed by atoms with Gasteiger partial charge in [0, 0.05) is 32.1 Å². The number of aromatic nitrogens is 2. The van der Waals surface area contributed by atoms with Crippen molar-refractivity contribution in [2.45, 2.75) is 32.7 Å². The predicted molar refractivity (Wildman–Crippen MR) is 107 cm³/mol. The van der Waals surface area contributed by atoms with Crippen molar-refractivity contribution in [1.82, 2.24) is 20.1 Å². The van der Waals surface area contributed by atoms with Crippen LogP contribution < -0.4 is 0 Å². The monoisotopic (exact) mass is 412 g/mol. The van der Waals surface area contributed by atoms with Gasteiger partial charge in [0.05, 0.1) is 6.54 Å². The number of hydrogen-bond acceptors (Lipinski definition) is 5. The van der Waals surface area contributed by atoms with E-state index in [2.05, 4.69) is 10.3 Å². The molecule has 0 bridgehead atoms. The smallest absolute Gasteiger partial charge is 0.246 e. The minimum absolute atomic E-state index is 0.00255.